The Morgan fingerprint density at radius 1 is 1.24 bits per heavy atom. The minimum absolute atomic E-state index is 0.0831. The lowest BCUT2D eigenvalue weighted by Gasteiger charge is -2.24. The van der Waals surface area contributed by atoms with Crippen molar-refractivity contribution in [3.63, 3.8) is 0 Å². The average Bonchev–Trinajstić information content (AvgIpc) is 3.22. The highest BCUT2D eigenvalue weighted by Gasteiger charge is 2.47. The van der Waals surface area contributed by atoms with Gasteiger partial charge < -0.3 is 9.42 Å². The Morgan fingerprint density at radius 2 is 2.08 bits per heavy atom. The van der Waals surface area contributed by atoms with E-state index in [1.165, 1.54) is 11.1 Å². The zero-order chi connectivity index (χ0) is 17.6. The van der Waals surface area contributed by atoms with Gasteiger partial charge in [0.2, 0.25) is 5.91 Å². The maximum atomic E-state index is 12.7. The largest absolute Gasteiger partial charge is 0.361 e. The molecule has 0 saturated carbocycles. The van der Waals surface area contributed by atoms with Gasteiger partial charge in [0.25, 0.3) is 0 Å². The van der Waals surface area contributed by atoms with Gasteiger partial charge in [0, 0.05) is 42.7 Å². The monoisotopic (exact) mass is 339 g/mol. The molecule has 2 aliphatic rings. The van der Waals surface area contributed by atoms with Gasteiger partial charge in [-0.3, -0.25) is 9.69 Å². The predicted octanol–water partition coefficient (Wildman–Crippen LogP) is 3.23. The maximum Gasteiger partial charge on any atom is 0.227 e. The molecule has 1 atom stereocenters. The Morgan fingerprint density at radius 3 is 2.80 bits per heavy atom. The van der Waals surface area contributed by atoms with E-state index in [2.05, 4.69) is 29.1 Å². The van der Waals surface area contributed by atoms with Crippen molar-refractivity contribution in [2.75, 3.05) is 24.5 Å². The Labute approximate surface area is 148 Å². The van der Waals surface area contributed by atoms with Gasteiger partial charge in [-0.2, -0.15) is 0 Å². The summed E-state index contributed by atoms with van der Waals surface area (Å²) in [5, 5.41) is 4.06. The number of nitrogens with zero attached hydrogens (tertiary/aromatic N) is 3. The van der Waals surface area contributed by atoms with E-state index in [0.717, 1.165) is 49.7 Å². The summed E-state index contributed by atoms with van der Waals surface area (Å²) < 4.78 is 5.29. The first kappa shape index (κ1) is 16.3. The summed E-state index contributed by atoms with van der Waals surface area (Å²) in [4.78, 5) is 17.1. The van der Waals surface area contributed by atoms with Crippen molar-refractivity contribution in [1.82, 2.24) is 10.1 Å². The van der Waals surface area contributed by atoms with Crippen LogP contribution in [0.15, 0.2) is 28.8 Å². The lowest BCUT2D eigenvalue weighted by atomic mass is 9.86. The number of hydrogen-bond donors (Lipinski definition) is 0. The van der Waals surface area contributed by atoms with Crippen molar-refractivity contribution in [2.24, 2.45) is 5.41 Å². The molecule has 1 unspecified atom stereocenters. The van der Waals surface area contributed by atoms with Crippen LogP contribution in [0, 0.1) is 26.2 Å². The van der Waals surface area contributed by atoms with E-state index in [1.807, 2.05) is 30.9 Å². The van der Waals surface area contributed by atoms with Gasteiger partial charge >= 0.3 is 0 Å². The fourth-order valence-corrected chi connectivity index (χ4v) is 4.31. The van der Waals surface area contributed by atoms with Crippen LogP contribution in [-0.4, -0.2) is 35.6 Å². The Bertz CT molecular complexity index is 794. The zero-order valence-electron chi connectivity index (χ0n) is 15.2. The van der Waals surface area contributed by atoms with E-state index in [4.69, 9.17) is 4.52 Å². The third-order valence-electron chi connectivity index (χ3n) is 5.71. The van der Waals surface area contributed by atoms with Crippen molar-refractivity contribution in [1.29, 1.82) is 0 Å². The first-order chi connectivity index (χ1) is 12.0. The van der Waals surface area contributed by atoms with E-state index in [1.54, 1.807) is 0 Å². The number of hydrogen-bond acceptors (Lipinski definition) is 4. The van der Waals surface area contributed by atoms with Crippen LogP contribution < -0.4 is 4.90 Å². The van der Waals surface area contributed by atoms with Gasteiger partial charge in [0.1, 0.15) is 5.76 Å². The van der Waals surface area contributed by atoms with Crippen LogP contribution in [0.25, 0.3) is 0 Å². The van der Waals surface area contributed by atoms with E-state index < -0.39 is 0 Å². The van der Waals surface area contributed by atoms with Gasteiger partial charge in [-0.05, 0) is 51.4 Å². The molecule has 0 aliphatic carbocycles. The smallest absolute Gasteiger partial charge is 0.227 e. The molecule has 1 spiro atoms. The number of aromatic nitrogens is 1. The van der Waals surface area contributed by atoms with Crippen molar-refractivity contribution in [2.45, 2.75) is 40.2 Å². The fourth-order valence-electron chi connectivity index (χ4n) is 4.31. The van der Waals surface area contributed by atoms with Crippen LogP contribution in [0.1, 0.15) is 35.4 Å². The molecule has 2 fully saturated rings. The van der Waals surface area contributed by atoms with Crippen molar-refractivity contribution in [3.05, 3.63) is 46.8 Å². The zero-order valence-corrected chi connectivity index (χ0v) is 15.2. The normalized spacial score (nSPS) is 24.0. The van der Waals surface area contributed by atoms with Crippen LogP contribution in [0.3, 0.4) is 0 Å². The number of amides is 1. The summed E-state index contributed by atoms with van der Waals surface area (Å²) in [6.07, 6.45) is 1.73. The molecule has 0 bridgehead atoms. The molecular weight excluding hydrogens is 314 g/mol. The Kier molecular flexibility index (Phi) is 3.91. The third kappa shape index (κ3) is 2.97. The number of carbonyl (C=O) groups excluding carboxylic acids is 1. The first-order valence-electron chi connectivity index (χ1n) is 8.97. The molecule has 25 heavy (non-hydrogen) atoms. The number of anilines is 1. The van der Waals surface area contributed by atoms with Gasteiger partial charge in [0.15, 0.2) is 0 Å². The van der Waals surface area contributed by atoms with Crippen molar-refractivity contribution in [3.8, 4) is 0 Å². The highest BCUT2D eigenvalue weighted by atomic mass is 16.5. The number of carbonyl (C=O) groups is 1. The summed E-state index contributed by atoms with van der Waals surface area (Å²) in [5.74, 6) is 1.16. The van der Waals surface area contributed by atoms with Gasteiger partial charge in [-0.1, -0.05) is 17.3 Å². The molecule has 0 radical (unpaired) electrons. The van der Waals surface area contributed by atoms with E-state index >= 15 is 0 Å². The Balaban J connectivity index is 1.48. The van der Waals surface area contributed by atoms with Gasteiger partial charge in [-0.25, -0.2) is 0 Å². The second-order valence-electron chi connectivity index (χ2n) is 7.76. The van der Waals surface area contributed by atoms with Crippen LogP contribution in [0.4, 0.5) is 5.69 Å². The fraction of sp³-hybridized carbons (Fsp3) is 0.500. The lowest BCUT2D eigenvalue weighted by Crippen LogP contribution is -2.31. The molecule has 132 valence electrons. The highest BCUT2D eigenvalue weighted by molar-refractivity contribution is 5.96. The van der Waals surface area contributed by atoms with E-state index in [-0.39, 0.29) is 11.3 Å². The number of benzene rings is 1. The predicted molar refractivity (Wildman–Crippen MR) is 96.5 cm³/mol. The molecule has 5 nitrogen and oxygen atoms in total. The summed E-state index contributed by atoms with van der Waals surface area (Å²) in [7, 11) is 0. The summed E-state index contributed by atoms with van der Waals surface area (Å²) >= 11 is 0. The molecule has 1 amide bonds. The molecule has 3 heterocycles. The molecule has 2 aromatic rings. The standard InChI is InChI=1S/C20H25N3O2/c1-14-5-4-6-17(9-14)23-13-20(10-19(23)24)7-8-22(12-20)11-18-15(2)21-25-16(18)3/h4-6,9H,7-8,10-13H2,1-3H3. The molecule has 4 rings (SSSR count). The number of aryl methyl sites for hydroxylation is 3. The quantitative estimate of drug-likeness (QED) is 0.861. The topological polar surface area (TPSA) is 49.6 Å². The molecule has 2 aliphatic heterocycles. The van der Waals surface area contributed by atoms with Gasteiger partial charge in [0.05, 0.1) is 5.69 Å². The number of likely N-dealkylation sites (tertiary alicyclic amines) is 1. The van der Waals surface area contributed by atoms with Crippen molar-refractivity contribution >= 4 is 11.6 Å². The third-order valence-corrected chi connectivity index (χ3v) is 5.71. The van der Waals surface area contributed by atoms with Crippen molar-refractivity contribution < 1.29 is 9.32 Å². The Hall–Kier alpha value is -2.14. The second kappa shape index (κ2) is 5.99. The maximum absolute atomic E-state index is 12.7. The molecule has 0 N–H and O–H groups in total. The van der Waals surface area contributed by atoms with Gasteiger partial charge in [-0.15, -0.1) is 0 Å². The van der Waals surface area contributed by atoms with Crippen LogP contribution >= 0.6 is 0 Å². The average molecular weight is 339 g/mol. The molecule has 5 heteroatoms. The second-order valence-corrected chi connectivity index (χ2v) is 7.76. The molecule has 1 aromatic heterocycles. The molecule has 2 saturated heterocycles. The van der Waals surface area contributed by atoms with Crippen LogP contribution in [0.5, 0.6) is 0 Å². The molecule has 1 aromatic carbocycles. The highest BCUT2D eigenvalue weighted by Crippen LogP contribution is 2.42. The minimum Gasteiger partial charge on any atom is -0.361 e. The first-order valence-corrected chi connectivity index (χ1v) is 8.97. The molecular formula is C20H25N3O2. The summed E-state index contributed by atoms with van der Waals surface area (Å²) in [5.41, 5.74) is 4.47. The minimum atomic E-state index is 0.0831. The summed E-state index contributed by atoms with van der Waals surface area (Å²) in [6.45, 7) is 9.72. The summed E-state index contributed by atoms with van der Waals surface area (Å²) in [6, 6.07) is 8.25. The number of rotatable bonds is 3. The van der Waals surface area contributed by atoms with Crippen LogP contribution in [-0.2, 0) is 11.3 Å². The SMILES string of the molecule is Cc1cccc(N2CC3(CCN(Cc4c(C)noc4C)C3)CC2=O)c1. The lowest BCUT2D eigenvalue weighted by molar-refractivity contribution is -0.117. The van der Waals surface area contributed by atoms with Crippen LogP contribution in [0.2, 0.25) is 0 Å². The van der Waals surface area contributed by atoms with E-state index in [9.17, 15) is 4.79 Å². The van der Waals surface area contributed by atoms with E-state index in [0.29, 0.717) is 6.42 Å².